The van der Waals surface area contributed by atoms with Crippen LogP contribution >= 0.6 is 0 Å². The Labute approximate surface area is 150 Å². The van der Waals surface area contributed by atoms with Crippen molar-refractivity contribution >= 4 is 17.7 Å². The first-order valence-corrected chi connectivity index (χ1v) is 9.21. The highest BCUT2D eigenvalue weighted by Crippen LogP contribution is 2.24. The SMILES string of the molecule is CCCCCCC(C)C(=O)OCC(C)(C)C(O)C(=O)CCCC(=O)O. The maximum Gasteiger partial charge on any atom is 0.308 e. The molecule has 0 radical (unpaired) electrons. The number of hydrogen-bond donors (Lipinski definition) is 2. The minimum Gasteiger partial charge on any atom is -0.481 e. The molecule has 6 nitrogen and oxygen atoms in total. The summed E-state index contributed by atoms with van der Waals surface area (Å²) in [6.07, 6.45) is 3.96. The van der Waals surface area contributed by atoms with Crippen molar-refractivity contribution in [1.82, 2.24) is 0 Å². The molecule has 0 aliphatic carbocycles. The molecule has 0 saturated carbocycles. The van der Waals surface area contributed by atoms with E-state index in [4.69, 9.17) is 9.84 Å². The van der Waals surface area contributed by atoms with Gasteiger partial charge in [0.25, 0.3) is 0 Å². The largest absolute Gasteiger partial charge is 0.481 e. The molecule has 0 saturated heterocycles. The second-order valence-electron chi connectivity index (χ2n) is 7.46. The van der Waals surface area contributed by atoms with Crippen LogP contribution < -0.4 is 0 Å². The highest BCUT2D eigenvalue weighted by Gasteiger charge is 2.34. The first kappa shape index (κ1) is 23.6. The summed E-state index contributed by atoms with van der Waals surface area (Å²) in [6, 6.07) is 0. The summed E-state index contributed by atoms with van der Waals surface area (Å²) < 4.78 is 5.29. The van der Waals surface area contributed by atoms with Crippen molar-refractivity contribution in [3.8, 4) is 0 Å². The van der Waals surface area contributed by atoms with Crippen LogP contribution in [0, 0.1) is 11.3 Å². The number of Topliss-reactive ketones (excluding diaryl/α,β-unsaturated/α-hetero) is 1. The number of aliphatic carboxylic acids is 1. The van der Waals surface area contributed by atoms with Crippen LogP contribution in [0.25, 0.3) is 0 Å². The Morgan fingerprint density at radius 1 is 1.04 bits per heavy atom. The summed E-state index contributed by atoms with van der Waals surface area (Å²) >= 11 is 0. The van der Waals surface area contributed by atoms with E-state index in [0.29, 0.717) is 0 Å². The summed E-state index contributed by atoms with van der Waals surface area (Å²) in [5, 5.41) is 18.8. The molecule has 0 aromatic heterocycles. The molecule has 2 unspecified atom stereocenters. The average molecular weight is 358 g/mol. The zero-order chi connectivity index (χ0) is 19.5. The molecule has 0 heterocycles. The van der Waals surface area contributed by atoms with Gasteiger partial charge in [0.15, 0.2) is 5.78 Å². The number of carboxylic acid groups (broad SMARTS) is 1. The molecular weight excluding hydrogens is 324 g/mol. The number of carbonyl (C=O) groups excluding carboxylic acids is 2. The lowest BCUT2D eigenvalue weighted by atomic mass is 9.84. The van der Waals surface area contributed by atoms with Crippen LogP contribution in [-0.4, -0.2) is 40.6 Å². The molecule has 0 aromatic rings. The van der Waals surface area contributed by atoms with E-state index < -0.39 is 23.3 Å². The van der Waals surface area contributed by atoms with E-state index in [0.717, 1.165) is 32.1 Å². The number of aliphatic hydroxyl groups is 1. The maximum atomic E-state index is 12.0. The van der Waals surface area contributed by atoms with Crippen LogP contribution in [0.15, 0.2) is 0 Å². The number of carbonyl (C=O) groups is 3. The van der Waals surface area contributed by atoms with Gasteiger partial charge in [-0.05, 0) is 12.8 Å². The highest BCUT2D eigenvalue weighted by atomic mass is 16.5. The van der Waals surface area contributed by atoms with E-state index in [1.165, 1.54) is 0 Å². The molecule has 25 heavy (non-hydrogen) atoms. The number of unbranched alkanes of at least 4 members (excludes halogenated alkanes) is 3. The van der Waals surface area contributed by atoms with Gasteiger partial charge in [0.05, 0.1) is 12.5 Å². The molecular formula is C19H34O6. The topological polar surface area (TPSA) is 101 Å². The maximum absolute atomic E-state index is 12.0. The normalized spacial score (nSPS) is 14.0. The van der Waals surface area contributed by atoms with Crippen LogP contribution in [0.2, 0.25) is 0 Å². The minimum atomic E-state index is -1.28. The molecule has 2 atom stereocenters. The second kappa shape index (κ2) is 12.0. The molecule has 6 heteroatoms. The monoisotopic (exact) mass is 358 g/mol. The fraction of sp³-hybridized carbons (Fsp3) is 0.842. The van der Waals surface area contributed by atoms with Crippen LogP contribution in [0.3, 0.4) is 0 Å². The molecule has 2 N–H and O–H groups in total. The number of esters is 1. The summed E-state index contributed by atoms with van der Waals surface area (Å²) in [5.41, 5.74) is -0.905. The van der Waals surface area contributed by atoms with Gasteiger partial charge in [-0.1, -0.05) is 53.4 Å². The van der Waals surface area contributed by atoms with Gasteiger partial charge < -0.3 is 14.9 Å². The fourth-order valence-electron chi connectivity index (χ4n) is 2.46. The van der Waals surface area contributed by atoms with Crippen molar-refractivity contribution in [1.29, 1.82) is 0 Å². The highest BCUT2D eigenvalue weighted by molar-refractivity contribution is 5.84. The molecule has 0 aliphatic heterocycles. The molecule has 146 valence electrons. The summed E-state index contributed by atoms with van der Waals surface area (Å²) in [4.78, 5) is 34.5. The minimum absolute atomic E-state index is 0.00132. The Balaban J connectivity index is 4.28. The zero-order valence-electron chi connectivity index (χ0n) is 16.0. The average Bonchev–Trinajstić information content (AvgIpc) is 2.55. The summed E-state index contributed by atoms with van der Waals surface area (Å²) in [6.45, 7) is 7.23. The van der Waals surface area contributed by atoms with Crippen LogP contribution in [0.4, 0.5) is 0 Å². The first-order chi connectivity index (χ1) is 11.6. The third-order valence-electron chi connectivity index (χ3n) is 4.34. The van der Waals surface area contributed by atoms with Gasteiger partial charge in [-0.15, -0.1) is 0 Å². The number of carboxylic acids is 1. The first-order valence-electron chi connectivity index (χ1n) is 9.21. The van der Waals surface area contributed by atoms with Gasteiger partial charge in [0, 0.05) is 18.3 Å². The van der Waals surface area contributed by atoms with Crippen LogP contribution in [0.1, 0.15) is 79.1 Å². The van der Waals surface area contributed by atoms with Crippen molar-refractivity contribution < 1.29 is 29.3 Å². The smallest absolute Gasteiger partial charge is 0.308 e. The Bertz CT molecular complexity index is 430. The van der Waals surface area contributed by atoms with Gasteiger partial charge in [0.2, 0.25) is 0 Å². The Morgan fingerprint density at radius 2 is 1.68 bits per heavy atom. The van der Waals surface area contributed by atoms with E-state index in [1.807, 2.05) is 6.92 Å². The molecule has 0 bridgehead atoms. The molecule has 0 aliphatic rings. The van der Waals surface area contributed by atoms with Gasteiger partial charge in [-0.2, -0.15) is 0 Å². The van der Waals surface area contributed by atoms with Gasteiger partial charge in [0.1, 0.15) is 6.10 Å². The molecule has 0 spiro atoms. The van der Waals surface area contributed by atoms with Gasteiger partial charge in [-0.3, -0.25) is 14.4 Å². The van der Waals surface area contributed by atoms with Crippen molar-refractivity contribution in [3.05, 3.63) is 0 Å². The third kappa shape index (κ3) is 10.2. The van der Waals surface area contributed by atoms with E-state index in [2.05, 4.69) is 6.92 Å². The number of aliphatic hydroxyl groups excluding tert-OH is 1. The van der Waals surface area contributed by atoms with Crippen molar-refractivity contribution in [3.63, 3.8) is 0 Å². The number of ether oxygens (including phenoxy) is 1. The Morgan fingerprint density at radius 3 is 2.24 bits per heavy atom. The Kier molecular flexibility index (Phi) is 11.3. The zero-order valence-corrected chi connectivity index (χ0v) is 16.0. The number of hydrogen-bond acceptors (Lipinski definition) is 5. The van der Waals surface area contributed by atoms with Gasteiger partial charge >= 0.3 is 11.9 Å². The quantitative estimate of drug-likeness (QED) is 0.365. The summed E-state index contributed by atoms with van der Waals surface area (Å²) in [7, 11) is 0. The molecule has 0 fully saturated rings. The molecule has 0 rings (SSSR count). The van der Waals surface area contributed by atoms with E-state index in [1.54, 1.807) is 13.8 Å². The second-order valence-corrected chi connectivity index (χ2v) is 7.46. The van der Waals surface area contributed by atoms with Crippen molar-refractivity contribution in [2.45, 2.75) is 85.2 Å². The van der Waals surface area contributed by atoms with Crippen LogP contribution in [-0.2, 0) is 19.1 Å². The fourth-order valence-corrected chi connectivity index (χ4v) is 2.46. The molecule has 0 amide bonds. The van der Waals surface area contributed by atoms with Gasteiger partial charge in [-0.25, -0.2) is 0 Å². The van der Waals surface area contributed by atoms with E-state index in [9.17, 15) is 19.5 Å². The van der Waals surface area contributed by atoms with Crippen molar-refractivity contribution in [2.75, 3.05) is 6.61 Å². The van der Waals surface area contributed by atoms with Crippen molar-refractivity contribution in [2.24, 2.45) is 11.3 Å². The standard InChI is InChI=1S/C19H34O6/c1-5-6-7-8-10-14(2)18(24)25-13-19(3,4)17(23)15(20)11-9-12-16(21)22/h14,17,23H,5-13H2,1-4H3,(H,21,22). The van der Waals surface area contributed by atoms with E-state index in [-0.39, 0.29) is 37.8 Å². The molecule has 0 aromatic carbocycles. The number of rotatable bonds is 14. The lowest BCUT2D eigenvalue weighted by molar-refractivity contribution is -0.156. The lowest BCUT2D eigenvalue weighted by Crippen LogP contribution is -2.40. The van der Waals surface area contributed by atoms with E-state index >= 15 is 0 Å². The van der Waals surface area contributed by atoms with Crippen LogP contribution in [0.5, 0.6) is 0 Å². The Hall–Kier alpha value is -1.43. The predicted molar refractivity (Wildman–Crippen MR) is 95.2 cm³/mol. The lowest BCUT2D eigenvalue weighted by Gasteiger charge is -2.29. The third-order valence-corrected chi connectivity index (χ3v) is 4.34. The number of ketones is 1. The predicted octanol–water partition coefficient (Wildman–Crippen LogP) is 3.35. The summed E-state index contributed by atoms with van der Waals surface area (Å²) in [5.74, 6) is -1.90.